The second-order valence-electron chi connectivity index (χ2n) is 8.19. The molecular weight excluding hydrogens is 434 g/mol. The van der Waals surface area contributed by atoms with Gasteiger partial charge in [0.15, 0.2) is 5.43 Å². The normalized spacial score (nSPS) is 14.2. The number of carbonyl (C=O) groups is 1. The van der Waals surface area contributed by atoms with Crippen molar-refractivity contribution in [2.24, 2.45) is 0 Å². The first-order valence-electron chi connectivity index (χ1n) is 11.2. The maximum Gasteiger partial charge on any atom is 0.337 e. The highest BCUT2D eigenvalue weighted by Gasteiger charge is 2.16. The van der Waals surface area contributed by atoms with Crippen LogP contribution in [0.1, 0.15) is 22.3 Å². The number of anilines is 1. The van der Waals surface area contributed by atoms with Crippen LogP contribution in [0, 0.1) is 0 Å². The number of para-hydroxylation sites is 1. The standard InChI is InChI=1S/C25H25N5O4/c1-33-25(32)18-8-6-17(7-9-18)15-30-16-21(27-28-30)19-4-2-5-20-22(31)14-23(26-24(19)20)29-10-3-12-34-13-11-29/h2,4-9,14,16H,3,10-13,15H2,1H3,(H,26,31). The predicted octanol–water partition coefficient (Wildman–Crippen LogP) is 2.85. The van der Waals surface area contributed by atoms with Crippen LogP contribution < -0.4 is 10.3 Å². The number of esters is 1. The van der Waals surface area contributed by atoms with Gasteiger partial charge in [-0.05, 0) is 30.2 Å². The fourth-order valence-corrected chi connectivity index (χ4v) is 4.18. The van der Waals surface area contributed by atoms with Gasteiger partial charge in [0.1, 0.15) is 11.5 Å². The summed E-state index contributed by atoms with van der Waals surface area (Å²) in [5, 5.41) is 9.24. The number of rotatable bonds is 5. The molecule has 0 radical (unpaired) electrons. The highest BCUT2D eigenvalue weighted by atomic mass is 16.5. The molecule has 9 nitrogen and oxygen atoms in total. The number of H-pyrrole nitrogens is 1. The maximum absolute atomic E-state index is 12.9. The van der Waals surface area contributed by atoms with E-state index in [1.165, 1.54) is 7.11 Å². The first-order valence-corrected chi connectivity index (χ1v) is 11.2. The number of benzene rings is 2. The van der Waals surface area contributed by atoms with Crippen LogP contribution in [0.4, 0.5) is 5.82 Å². The van der Waals surface area contributed by atoms with Gasteiger partial charge in [-0.2, -0.15) is 0 Å². The van der Waals surface area contributed by atoms with Crippen LogP contribution in [-0.2, 0) is 16.0 Å². The van der Waals surface area contributed by atoms with Crippen molar-refractivity contribution in [3.63, 3.8) is 0 Å². The molecule has 0 aliphatic carbocycles. The topological polar surface area (TPSA) is 102 Å². The fourth-order valence-electron chi connectivity index (χ4n) is 4.18. The molecule has 0 spiro atoms. The Morgan fingerprint density at radius 1 is 1.15 bits per heavy atom. The zero-order chi connectivity index (χ0) is 23.5. The summed E-state index contributed by atoms with van der Waals surface area (Å²) in [4.78, 5) is 30.2. The van der Waals surface area contributed by atoms with Crippen LogP contribution in [0.3, 0.4) is 0 Å². The van der Waals surface area contributed by atoms with E-state index >= 15 is 0 Å². The van der Waals surface area contributed by atoms with E-state index in [-0.39, 0.29) is 11.4 Å². The molecule has 0 bridgehead atoms. The van der Waals surface area contributed by atoms with E-state index in [1.54, 1.807) is 22.9 Å². The molecule has 0 amide bonds. The number of nitrogens with zero attached hydrogens (tertiary/aromatic N) is 4. The number of aromatic amines is 1. The van der Waals surface area contributed by atoms with Crippen LogP contribution in [0.25, 0.3) is 22.2 Å². The van der Waals surface area contributed by atoms with Gasteiger partial charge in [-0.1, -0.05) is 29.5 Å². The Bertz CT molecular complexity index is 1370. The van der Waals surface area contributed by atoms with E-state index in [2.05, 4.69) is 20.2 Å². The van der Waals surface area contributed by atoms with E-state index < -0.39 is 0 Å². The molecule has 174 valence electrons. The number of carbonyl (C=O) groups excluding carboxylic acids is 1. The molecular formula is C25H25N5O4. The smallest absolute Gasteiger partial charge is 0.337 e. The summed E-state index contributed by atoms with van der Waals surface area (Å²) >= 11 is 0. The van der Waals surface area contributed by atoms with Crippen molar-refractivity contribution in [1.82, 2.24) is 20.0 Å². The van der Waals surface area contributed by atoms with Gasteiger partial charge in [-0.3, -0.25) is 4.79 Å². The number of ether oxygens (including phenoxy) is 2. The van der Waals surface area contributed by atoms with Crippen LogP contribution in [0.15, 0.2) is 59.5 Å². The molecule has 1 fully saturated rings. The number of pyridine rings is 1. The van der Waals surface area contributed by atoms with Crippen molar-refractivity contribution in [2.75, 3.05) is 38.3 Å². The Balaban J connectivity index is 1.45. The minimum atomic E-state index is -0.369. The molecule has 1 aliphatic rings. The van der Waals surface area contributed by atoms with Gasteiger partial charge in [0.25, 0.3) is 0 Å². The average Bonchev–Trinajstić information content (AvgIpc) is 3.15. The third-order valence-corrected chi connectivity index (χ3v) is 5.95. The molecule has 9 heteroatoms. The highest BCUT2D eigenvalue weighted by Crippen LogP contribution is 2.26. The van der Waals surface area contributed by atoms with Gasteiger partial charge in [0, 0.05) is 36.7 Å². The molecule has 1 N–H and O–H groups in total. The van der Waals surface area contributed by atoms with Crippen molar-refractivity contribution in [3.8, 4) is 11.3 Å². The first-order chi connectivity index (χ1) is 16.6. The van der Waals surface area contributed by atoms with E-state index in [9.17, 15) is 9.59 Å². The van der Waals surface area contributed by atoms with Crippen molar-refractivity contribution < 1.29 is 14.3 Å². The molecule has 1 saturated heterocycles. The molecule has 0 atom stereocenters. The van der Waals surface area contributed by atoms with Crippen LogP contribution in [0.5, 0.6) is 0 Å². The van der Waals surface area contributed by atoms with Gasteiger partial charge in [-0.25, -0.2) is 9.48 Å². The summed E-state index contributed by atoms with van der Waals surface area (Å²) in [5.41, 5.74) is 3.66. The lowest BCUT2D eigenvalue weighted by Crippen LogP contribution is -2.28. The highest BCUT2D eigenvalue weighted by molar-refractivity contribution is 5.93. The molecule has 5 rings (SSSR count). The third kappa shape index (κ3) is 4.42. The number of nitrogens with one attached hydrogen (secondary N) is 1. The number of hydrogen-bond acceptors (Lipinski definition) is 7. The maximum atomic E-state index is 12.9. The lowest BCUT2D eigenvalue weighted by Gasteiger charge is -2.22. The van der Waals surface area contributed by atoms with Gasteiger partial charge in [-0.15, -0.1) is 5.10 Å². The summed E-state index contributed by atoms with van der Waals surface area (Å²) in [6.45, 7) is 3.42. The predicted molar refractivity (Wildman–Crippen MR) is 128 cm³/mol. The van der Waals surface area contributed by atoms with Gasteiger partial charge in [0.05, 0.1) is 37.5 Å². The summed E-state index contributed by atoms with van der Waals surface area (Å²) in [5.74, 6) is 0.417. The molecule has 2 aromatic carbocycles. The lowest BCUT2D eigenvalue weighted by atomic mass is 10.1. The molecule has 0 saturated carbocycles. The van der Waals surface area contributed by atoms with Crippen LogP contribution in [0.2, 0.25) is 0 Å². The van der Waals surface area contributed by atoms with Crippen LogP contribution >= 0.6 is 0 Å². The summed E-state index contributed by atoms with van der Waals surface area (Å²) in [6, 6.07) is 14.4. The molecule has 2 aromatic heterocycles. The number of methoxy groups -OCH3 is 1. The summed E-state index contributed by atoms with van der Waals surface area (Å²) in [6.07, 6.45) is 2.77. The second kappa shape index (κ2) is 9.48. The largest absolute Gasteiger partial charge is 0.465 e. The Morgan fingerprint density at radius 2 is 2.00 bits per heavy atom. The summed E-state index contributed by atoms with van der Waals surface area (Å²) in [7, 11) is 1.36. The minimum absolute atomic E-state index is 0.0335. The Labute approximate surface area is 195 Å². The monoisotopic (exact) mass is 459 g/mol. The third-order valence-electron chi connectivity index (χ3n) is 5.95. The lowest BCUT2D eigenvalue weighted by molar-refractivity contribution is 0.0600. The van der Waals surface area contributed by atoms with Crippen LogP contribution in [-0.4, -0.2) is 59.4 Å². The van der Waals surface area contributed by atoms with Gasteiger partial charge in [0.2, 0.25) is 0 Å². The minimum Gasteiger partial charge on any atom is -0.465 e. The number of aromatic nitrogens is 4. The zero-order valence-electron chi connectivity index (χ0n) is 18.9. The van der Waals surface area contributed by atoms with E-state index in [1.807, 2.05) is 36.5 Å². The first kappa shape index (κ1) is 21.8. The van der Waals surface area contributed by atoms with Crippen molar-refractivity contribution >= 4 is 22.7 Å². The zero-order valence-corrected chi connectivity index (χ0v) is 18.9. The van der Waals surface area contributed by atoms with Crippen molar-refractivity contribution in [1.29, 1.82) is 0 Å². The number of fused-ring (bicyclic) bond motifs is 1. The molecule has 34 heavy (non-hydrogen) atoms. The summed E-state index contributed by atoms with van der Waals surface area (Å²) < 4.78 is 12.0. The van der Waals surface area contributed by atoms with Crippen molar-refractivity contribution in [2.45, 2.75) is 13.0 Å². The van der Waals surface area contributed by atoms with Gasteiger partial charge < -0.3 is 19.4 Å². The van der Waals surface area contributed by atoms with Gasteiger partial charge >= 0.3 is 5.97 Å². The Hall–Kier alpha value is -3.98. The van der Waals surface area contributed by atoms with E-state index in [0.29, 0.717) is 29.8 Å². The average molecular weight is 460 g/mol. The number of hydrogen-bond donors (Lipinski definition) is 1. The van der Waals surface area contributed by atoms with Crippen molar-refractivity contribution in [3.05, 3.63) is 76.1 Å². The van der Waals surface area contributed by atoms with E-state index in [4.69, 9.17) is 9.47 Å². The molecule has 0 unspecified atom stereocenters. The molecule has 1 aliphatic heterocycles. The Morgan fingerprint density at radius 3 is 2.82 bits per heavy atom. The Kier molecular flexibility index (Phi) is 6.09. The quantitative estimate of drug-likeness (QED) is 0.458. The second-order valence-corrected chi connectivity index (χ2v) is 8.19. The fraction of sp³-hybridized carbons (Fsp3) is 0.280. The SMILES string of the molecule is COC(=O)c1ccc(Cn2cc(-c3cccc4c(=O)cc(N5CCCOCC5)[nH]c34)nn2)cc1. The molecule has 3 heterocycles. The molecule has 4 aromatic rings. The van der Waals surface area contributed by atoms with E-state index in [0.717, 1.165) is 48.6 Å².